The van der Waals surface area contributed by atoms with Gasteiger partial charge in [-0.05, 0) is 83.1 Å². The molecular formula is C47H66N8O11. The molecule has 9 N–H and O–H groups in total. The molecule has 0 aliphatic carbocycles. The van der Waals surface area contributed by atoms with Crippen molar-refractivity contribution in [3.63, 3.8) is 0 Å². The van der Waals surface area contributed by atoms with E-state index in [2.05, 4.69) is 37.2 Å². The van der Waals surface area contributed by atoms with E-state index in [-0.39, 0.29) is 44.4 Å². The fraction of sp³-hybridized carbons (Fsp3) is 0.553. The second-order valence-corrected chi connectivity index (χ2v) is 18.3. The van der Waals surface area contributed by atoms with Crippen molar-refractivity contribution in [2.24, 2.45) is 11.7 Å². The number of nitrogens with one attached hydrogen (secondary N) is 7. The van der Waals surface area contributed by atoms with Crippen molar-refractivity contribution >= 4 is 58.9 Å². The van der Waals surface area contributed by atoms with Crippen molar-refractivity contribution in [3.05, 3.63) is 47.5 Å². The summed E-state index contributed by atoms with van der Waals surface area (Å²) in [4.78, 5) is 121. The van der Waals surface area contributed by atoms with Gasteiger partial charge in [-0.15, -0.1) is 0 Å². The summed E-state index contributed by atoms with van der Waals surface area (Å²) in [7, 11) is 1.50. The van der Waals surface area contributed by atoms with E-state index in [4.69, 9.17) is 15.2 Å². The van der Waals surface area contributed by atoms with E-state index in [0.29, 0.717) is 46.5 Å². The molecular weight excluding hydrogens is 853 g/mol. The maximum absolute atomic E-state index is 14.5. The summed E-state index contributed by atoms with van der Waals surface area (Å²) in [6, 6.07) is 3.59. The number of methoxy groups -OCH3 is 1. The molecule has 0 spiro atoms. The Hall–Kier alpha value is -6.53. The highest BCUT2D eigenvalue weighted by atomic mass is 16.6. The number of amides is 8. The number of ketones is 1. The van der Waals surface area contributed by atoms with Crippen LogP contribution in [0.5, 0.6) is 5.75 Å². The molecule has 0 aromatic heterocycles. The summed E-state index contributed by atoms with van der Waals surface area (Å²) in [6.07, 6.45) is -0.274. The Morgan fingerprint density at radius 3 is 2.21 bits per heavy atom. The highest BCUT2D eigenvalue weighted by Gasteiger charge is 2.39. The van der Waals surface area contributed by atoms with E-state index in [1.165, 1.54) is 21.0 Å². The van der Waals surface area contributed by atoms with Gasteiger partial charge in [0.15, 0.2) is 5.78 Å². The molecule has 19 nitrogen and oxygen atoms in total. The number of ether oxygens (including phenoxy) is 2. The van der Waals surface area contributed by atoms with E-state index in [1.54, 1.807) is 57.2 Å². The Bertz CT molecular complexity index is 2170. The van der Waals surface area contributed by atoms with Crippen LogP contribution in [0.4, 0.5) is 10.5 Å². The lowest BCUT2D eigenvalue weighted by atomic mass is 9.89. The van der Waals surface area contributed by atoms with Crippen LogP contribution in [0, 0.1) is 5.92 Å². The highest BCUT2D eigenvalue weighted by Crippen LogP contribution is 2.44. The second kappa shape index (κ2) is 23.1. The van der Waals surface area contributed by atoms with Crippen molar-refractivity contribution in [3.8, 4) is 16.9 Å². The van der Waals surface area contributed by atoms with Gasteiger partial charge in [0, 0.05) is 30.4 Å². The monoisotopic (exact) mass is 918 g/mol. The molecule has 4 rings (SSSR count). The Balaban J connectivity index is 1.72. The lowest BCUT2D eigenvalue weighted by molar-refractivity contribution is -0.134. The van der Waals surface area contributed by atoms with Gasteiger partial charge >= 0.3 is 6.09 Å². The van der Waals surface area contributed by atoms with Crippen LogP contribution in [0.1, 0.15) is 117 Å². The minimum Gasteiger partial charge on any atom is -0.496 e. The fourth-order valence-electron chi connectivity index (χ4n) is 7.71. The summed E-state index contributed by atoms with van der Waals surface area (Å²) >= 11 is 0. The number of primary amides is 1. The maximum Gasteiger partial charge on any atom is 0.408 e. The number of anilines is 1. The number of hydrogen-bond acceptors (Lipinski definition) is 11. The molecule has 2 aliphatic heterocycles. The first-order valence-electron chi connectivity index (χ1n) is 22.4. The van der Waals surface area contributed by atoms with E-state index in [1.807, 2.05) is 20.8 Å². The molecule has 2 aromatic carbocycles. The van der Waals surface area contributed by atoms with Gasteiger partial charge in [-0.25, -0.2) is 4.79 Å². The molecule has 19 heteroatoms. The minimum absolute atomic E-state index is 0.0352. The Kier molecular flexibility index (Phi) is 18.2. The SMILES string of the molecule is CCCC[C@H](NC(=O)[C@@H]1CC2C(=O)Nc3c(cccc32)-c2cc(ccc2OC)C[C@H](NC(=O)OC(C)(C)C)C(=O)N[C@@H](CC(C)C)C(=O)N1)C(=O)CCC(=O)N[C@@H](C)C(=O)N[C@@H](C)C(N)=O. The number of rotatable bonds is 17. The average molecular weight is 919 g/mol. The molecule has 8 amide bonds. The van der Waals surface area contributed by atoms with Crippen LogP contribution < -0.4 is 47.7 Å². The van der Waals surface area contributed by atoms with Crippen LogP contribution in [0.2, 0.25) is 0 Å². The Labute approximate surface area is 385 Å². The number of hydrogen-bond donors (Lipinski definition) is 8. The van der Waals surface area contributed by atoms with Crippen molar-refractivity contribution < 1.29 is 52.6 Å². The van der Waals surface area contributed by atoms with Gasteiger partial charge in [0.05, 0.1) is 24.8 Å². The number of unbranched alkanes of at least 4 members (excludes halogenated alkanes) is 1. The zero-order chi connectivity index (χ0) is 49.0. The summed E-state index contributed by atoms with van der Waals surface area (Å²) in [5.74, 6) is -5.79. The van der Waals surface area contributed by atoms with Crippen molar-refractivity contribution in [2.75, 3.05) is 12.4 Å². The first-order chi connectivity index (χ1) is 31.0. The molecule has 0 radical (unpaired) electrons. The molecule has 1 unspecified atom stereocenters. The van der Waals surface area contributed by atoms with Crippen molar-refractivity contribution in [2.45, 2.75) is 155 Å². The third-order valence-corrected chi connectivity index (χ3v) is 11.2. The third-order valence-electron chi connectivity index (χ3n) is 11.2. The molecule has 6 bridgehead atoms. The summed E-state index contributed by atoms with van der Waals surface area (Å²) in [5, 5.41) is 18.9. The standard InChI is InChI=1S/C47H66N8O11/c1-10-11-15-32(36(56)17-19-38(57)49-26(5)41(59)50-25(4)40(48)58)51-45(63)35-23-31-29-14-12-13-28(39(29)55-42(31)60)30-21-27(16-18-37(30)65-9)22-34(54-46(64)66-47(6,7)8)44(62)52-33(20-24(2)3)43(61)53-35/h12-14,16,18,21,24-26,31-35H,10-11,15,17,19-20,22-23H2,1-9H3,(H2,48,58)(H,49,57)(H,50,59)(H,51,63)(H,52,62)(H,53,61)(H,54,64)(H,55,60)/t25-,26-,31?,32-,33-,34-,35-/m0/s1. The fourth-order valence-corrected chi connectivity index (χ4v) is 7.71. The molecule has 2 aliphatic rings. The highest BCUT2D eigenvalue weighted by molar-refractivity contribution is 6.08. The van der Waals surface area contributed by atoms with Crippen molar-refractivity contribution in [1.29, 1.82) is 0 Å². The number of alkyl carbamates (subject to hydrolysis) is 1. The second-order valence-electron chi connectivity index (χ2n) is 18.3. The lowest BCUT2D eigenvalue weighted by Gasteiger charge is -2.29. The number of Topliss-reactive ketones (excluding diaryl/α,β-unsaturated/α-hetero) is 1. The predicted molar refractivity (Wildman–Crippen MR) is 245 cm³/mol. The van der Waals surface area contributed by atoms with Gasteiger partial charge in [-0.2, -0.15) is 0 Å². The third kappa shape index (κ3) is 14.5. The summed E-state index contributed by atoms with van der Waals surface area (Å²) < 4.78 is 11.2. The van der Waals surface area contributed by atoms with Gasteiger partial charge < -0.3 is 52.4 Å². The van der Waals surface area contributed by atoms with Gasteiger partial charge in [0.2, 0.25) is 41.4 Å². The number of fused-ring (bicyclic) bond motifs is 3. The molecule has 0 saturated heterocycles. The topological polar surface area (TPSA) is 282 Å². The average Bonchev–Trinajstić information content (AvgIpc) is 3.56. The van der Waals surface area contributed by atoms with Crippen LogP contribution in [-0.4, -0.2) is 102 Å². The quantitative estimate of drug-likeness (QED) is 0.114. The molecule has 7 atom stereocenters. The zero-order valence-electron chi connectivity index (χ0n) is 39.3. The molecule has 2 heterocycles. The Morgan fingerprint density at radius 2 is 1.58 bits per heavy atom. The summed E-state index contributed by atoms with van der Waals surface area (Å²) in [6.45, 7) is 13.4. The van der Waals surface area contributed by atoms with E-state index in [0.717, 1.165) is 0 Å². The largest absolute Gasteiger partial charge is 0.496 e. The molecule has 2 aromatic rings. The van der Waals surface area contributed by atoms with Gasteiger partial charge in [-0.3, -0.25) is 38.4 Å². The maximum atomic E-state index is 14.5. The van der Waals surface area contributed by atoms with Gasteiger partial charge in [0.1, 0.15) is 41.6 Å². The lowest BCUT2D eigenvalue weighted by Crippen LogP contribution is -2.58. The number of carbonyl (C=O) groups excluding carboxylic acids is 9. The number of benzene rings is 2. The molecule has 66 heavy (non-hydrogen) atoms. The zero-order valence-corrected chi connectivity index (χ0v) is 39.3. The van der Waals surface area contributed by atoms with Crippen LogP contribution >= 0.6 is 0 Å². The van der Waals surface area contributed by atoms with Gasteiger partial charge in [-0.1, -0.05) is 57.9 Å². The van der Waals surface area contributed by atoms with E-state index < -0.39 is 101 Å². The minimum atomic E-state index is -1.42. The number of nitrogens with two attached hydrogens (primary N) is 1. The summed E-state index contributed by atoms with van der Waals surface area (Å²) in [5.41, 5.74) is 7.12. The van der Waals surface area contributed by atoms with E-state index >= 15 is 0 Å². The molecule has 0 fully saturated rings. The van der Waals surface area contributed by atoms with Crippen LogP contribution in [0.25, 0.3) is 11.1 Å². The first-order valence-corrected chi connectivity index (χ1v) is 22.4. The number of carbonyl (C=O) groups is 9. The first kappa shape index (κ1) is 52.1. The Morgan fingerprint density at radius 1 is 0.864 bits per heavy atom. The molecule has 0 saturated carbocycles. The molecule has 360 valence electrons. The number of para-hydroxylation sites is 1. The normalized spacial score (nSPS) is 19.8. The van der Waals surface area contributed by atoms with Gasteiger partial charge in [0.25, 0.3) is 0 Å². The predicted octanol–water partition coefficient (Wildman–Crippen LogP) is 2.77. The van der Waals surface area contributed by atoms with Crippen LogP contribution in [-0.2, 0) is 49.5 Å². The smallest absolute Gasteiger partial charge is 0.408 e. The van der Waals surface area contributed by atoms with Crippen molar-refractivity contribution in [1.82, 2.24) is 31.9 Å². The van der Waals surface area contributed by atoms with E-state index in [9.17, 15) is 43.2 Å². The van der Waals surface area contributed by atoms with Crippen LogP contribution in [0.3, 0.4) is 0 Å². The van der Waals surface area contributed by atoms with Crippen LogP contribution in [0.15, 0.2) is 36.4 Å².